The topological polar surface area (TPSA) is 18.5 Å². The number of ether oxygens (including phenoxy) is 2. The molecule has 0 spiro atoms. The van der Waals surface area contributed by atoms with E-state index in [1.165, 1.54) is 0 Å². The highest BCUT2D eigenvalue weighted by Crippen LogP contribution is 2.93. The molecule has 0 atom stereocenters. The van der Waals surface area contributed by atoms with E-state index < -0.39 is 0 Å². The molecule has 2 heteroatoms. The van der Waals surface area contributed by atoms with Gasteiger partial charge in [0, 0.05) is 23.7 Å². The van der Waals surface area contributed by atoms with Gasteiger partial charge >= 0.3 is 0 Å². The summed E-state index contributed by atoms with van der Waals surface area (Å²) in [6, 6.07) is 21.3. The molecule has 0 aliphatic heterocycles. The Morgan fingerprint density at radius 3 is 0.929 bits per heavy atom. The fourth-order valence-electron chi connectivity index (χ4n) is 11.1. The lowest BCUT2D eigenvalue weighted by Gasteiger charge is -2.25. The minimum Gasteiger partial charge on any atom is -0.490 e. The summed E-state index contributed by atoms with van der Waals surface area (Å²) in [6.45, 7) is 0. The van der Waals surface area contributed by atoms with Crippen LogP contribution in [0.4, 0.5) is 0 Å². The second kappa shape index (κ2) is 4.30. The van der Waals surface area contributed by atoms with Gasteiger partial charge in [-0.1, -0.05) is 36.4 Å². The van der Waals surface area contributed by atoms with Gasteiger partial charge in [-0.25, -0.2) is 0 Å². The molecule has 0 unspecified atom stereocenters. The molecule has 2 aromatic carbocycles. The average Bonchev–Trinajstić information content (AvgIpc) is 3.50. The minimum absolute atomic E-state index is 0.515. The highest BCUT2D eigenvalue weighted by Gasteiger charge is 2.93. The van der Waals surface area contributed by atoms with Gasteiger partial charge in [0.15, 0.2) is 0 Å². The zero-order valence-corrected chi connectivity index (χ0v) is 15.7. The van der Waals surface area contributed by atoms with Gasteiger partial charge in [0.1, 0.15) is 23.7 Å². The molecule has 0 radical (unpaired) electrons. The van der Waals surface area contributed by atoms with Crippen LogP contribution in [0.25, 0.3) is 0 Å². The van der Waals surface area contributed by atoms with E-state index in [2.05, 4.69) is 60.7 Å². The maximum absolute atomic E-state index is 6.70. The van der Waals surface area contributed by atoms with Crippen molar-refractivity contribution in [1.29, 1.82) is 0 Å². The SMILES string of the molecule is c1ccc(OC2C3C4C5C2C2C3C3C6C(Oc7ccccc7)C(C43)C5C62)cc1. The van der Waals surface area contributed by atoms with Crippen molar-refractivity contribution in [3.8, 4) is 11.5 Å². The van der Waals surface area contributed by atoms with Gasteiger partial charge in [-0.3, -0.25) is 0 Å². The highest BCUT2D eigenvalue weighted by atomic mass is 16.5. The molecule has 0 heterocycles. The molecule has 2 aromatic rings. The van der Waals surface area contributed by atoms with Crippen molar-refractivity contribution < 1.29 is 9.47 Å². The fraction of sp³-hybridized carbons (Fsp3) is 0.538. The normalized spacial score (nSPS) is 58.7. The molecule has 0 N–H and O–H groups in total. The minimum atomic E-state index is 0.515. The smallest absolute Gasteiger partial charge is 0.119 e. The van der Waals surface area contributed by atoms with E-state index in [1.54, 1.807) is 0 Å². The van der Waals surface area contributed by atoms with E-state index in [4.69, 9.17) is 9.47 Å². The Morgan fingerprint density at radius 1 is 0.357 bits per heavy atom. The van der Waals surface area contributed by atoms with Crippen molar-refractivity contribution in [2.45, 2.75) is 12.2 Å². The van der Waals surface area contributed by atoms with E-state index in [1.807, 2.05) is 0 Å². The van der Waals surface area contributed by atoms with Crippen LogP contribution in [0.1, 0.15) is 0 Å². The molecular formula is C26H24O2. The second-order valence-corrected chi connectivity index (χ2v) is 10.7. The number of rotatable bonds is 4. The molecule has 8 aliphatic rings. The van der Waals surface area contributed by atoms with E-state index in [0.717, 1.165) is 82.5 Å². The first kappa shape index (κ1) is 14.1. The largest absolute Gasteiger partial charge is 0.490 e. The Morgan fingerprint density at radius 2 is 0.643 bits per heavy atom. The Hall–Kier alpha value is -1.96. The van der Waals surface area contributed by atoms with Gasteiger partial charge in [0.05, 0.1) is 0 Å². The molecule has 2 nitrogen and oxygen atoms in total. The fourth-order valence-corrected chi connectivity index (χ4v) is 11.1. The lowest BCUT2D eigenvalue weighted by molar-refractivity contribution is 0.0994. The van der Waals surface area contributed by atoms with Gasteiger partial charge in [0.2, 0.25) is 0 Å². The third-order valence-electron chi connectivity index (χ3n) is 10.7. The van der Waals surface area contributed by atoms with Crippen molar-refractivity contribution >= 4 is 0 Å². The summed E-state index contributed by atoms with van der Waals surface area (Å²) in [5.74, 6) is 13.3. The molecule has 140 valence electrons. The molecule has 8 aliphatic carbocycles. The average molecular weight is 368 g/mol. The number of hydrogen-bond acceptors (Lipinski definition) is 2. The lowest BCUT2D eigenvalue weighted by Crippen LogP contribution is -2.30. The summed E-state index contributed by atoms with van der Waals surface area (Å²) in [5.41, 5.74) is 0. The first-order valence-corrected chi connectivity index (χ1v) is 11.4. The van der Waals surface area contributed by atoms with Crippen LogP contribution < -0.4 is 9.47 Å². The highest BCUT2D eigenvalue weighted by molar-refractivity contribution is 5.41. The van der Waals surface area contributed by atoms with E-state index >= 15 is 0 Å². The summed E-state index contributed by atoms with van der Waals surface area (Å²) in [5, 5.41) is 0. The van der Waals surface area contributed by atoms with Crippen molar-refractivity contribution in [1.82, 2.24) is 0 Å². The maximum Gasteiger partial charge on any atom is 0.119 e. The van der Waals surface area contributed by atoms with Gasteiger partial charge in [-0.05, 0) is 71.6 Å². The Labute approximate surface area is 165 Å². The summed E-state index contributed by atoms with van der Waals surface area (Å²) in [7, 11) is 0. The van der Waals surface area contributed by atoms with Crippen LogP contribution in [-0.2, 0) is 0 Å². The molecule has 10 rings (SSSR count). The zero-order valence-electron chi connectivity index (χ0n) is 15.7. The molecule has 0 amide bonds. The van der Waals surface area contributed by atoms with Crippen molar-refractivity contribution in [2.24, 2.45) is 71.0 Å². The summed E-state index contributed by atoms with van der Waals surface area (Å²) in [6.07, 6.45) is 1.03. The van der Waals surface area contributed by atoms with Crippen LogP contribution in [0.3, 0.4) is 0 Å². The van der Waals surface area contributed by atoms with Crippen LogP contribution in [-0.4, -0.2) is 12.2 Å². The lowest BCUT2D eigenvalue weighted by atomic mass is 9.80. The Balaban J connectivity index is 1.10. The first-order valence-electron chi connectivity index (χ1n) is 11.4. The van der Waals surface area contributed by atoms with Gasteiger partial charge < -0.3 is 9.47 Å². The van der Waals surface area contributed by atoms with E-state index in [0.29, 0.717) is 12.2 Å². The van der Waals surface area contributed by atoms with Crippen molar-refractivity contribution in [2.75, 3.05) is 0 Å². The zero-order chi connectivity index (χ0) is 17.7. The number of para-hydroxylation sites is 2. The number of benzene rings is 2. The summed E-state index contributed by atoms with van der Waals surface area (Å²) in [4.78, 5) is 0. The monoisotopic (exact) mass is 368 g/mol. The predicted octanol–water partition coefficient (Wildman–Crippen LogP) is 4.37. The van der Waals surface area contributed by atoms with Crippen LogP contribution in [0, 0.1) is 71.0 Å². The van der Waals surface area contributed by atoms with Crippen LogP contribution in [0.5, 0.6) is 11.5 Å². The van der Waals surface area contributed by atoms with Crippen LogP contribution in [0.2, 0.25) is 0 Å². The molecule has 0 saturated heterocycles. The van der Waals surface area contributed by atoms with Crippen molar-refractivity contribution in [3.05, 3.63) is 60.7 Å². The third-order valence-corrected chi connectivity index (χ3v) is 10.7. The van der Waals surface area contributed by atoms with Gasteiger partial charge in [-0.2, -0.15) is 0 Å². The Kier molecular flexibility index (Phi) is 2.16. The van der Waals surface area contributed by atoms with Crippen LogP contribution >= 0.6 is 0 Å². The molecule has 4 bridgehead atoms. The molecular weight excluding hydrogens is 344 g/mol. The molecule has 28 heavy (non-hydrogen) atoms. The maximum atomic E-state index is 6.70. The number of hydrogen-bond donors (Lipinski definition) is 0. The molecule has 8 fully saturated rings. The quantitative estimate of drug-likeness (QED) is 0.798. The first-order chi connectivity index (χ1) is 13.9. The van der Waals surface area contributed by atoms with Crippen molar-refractivity contribution in [3.63, 3.8) is 0 Å². The predicted molar refractivity (Wildman–Crippen MR) is 104 cm³/mol. The Bertz CT molecular complexity index is 819. The third kappa shape index (κ3) is 1.23. The van der Waals surface area contributed by atoms with E-state index in [-0.39, 0.29) is 0 Å². The summed E-state index contributed by atoms with van der Waals surface area (Å²) >= 11 is 0. The second-order valence-electron chi connectivity index (χ2n) is 10.7. The molecule has 0 aromatic heterocycles. The van der Waals surface area contributed by atoms with Crippen LogP contribution in [0.15, 0.2) is 60.7 Å². The molecule has 8 saturated carbocycles. The summed E-state index contributed by atoms with van der Waals surface area (Å²) < 4.78 is 13.4. The van der Waals surface area contributed by atoms with Gasteiger partial charge in [0.25, 0.3) is 0 Å². The van der Waals surface area contributed by atoms with E-state index in [9.17, 15) is 0 Å². The van der Waals surface area contributed by atoms with Gasteiger partial charge in [-0.15, -0.1) is 0 Å². The standard InChI is InChI=1S/C26H24O2/c1-3-7-11(8-4-1)27-25-21-13-14-18-20-16(22(14)25)15(21)19-17(13)23(18)26(24(19)20)28-12-9-5-2-6-10-12/h1-10,13-26H.